The van der Waals surface area contributed by atoms with Crippen LogP contribution in [-0.2, 0) is 0 Å². The lowest BCUT2D eigenvalue weighted by Gasteiger charge is -1.93. The number of rotatable bonds is 3. The molecule has 8 heavy (non-hydrogen) atoms. The molecule has 0 aromatic carbocycles. The second-order valence-corrected chi connectivity index (χ2v) is 1.18. The molecule has 0 saturated heterocycles. The van der Waals surface area contributed by atoms with Crippen LogP contribution in [0.2, 0.25) is 0 Å². The SMILES string of the molecule is C=CNC(=C)/N=C\C. The topological polar surface area (TPSA) is 24.4 Å². The number of nitrogens with zero attached hydrogens (tertiary/aromatic N) is 1. The van der Waals surface area contributed by atoms with E-state index in [1.165, 1.54) is 6.20 Å². The van der Waals surface area contributed by atoms with Crippen LogP contribution < -0.4 is 5.32 Å². The van der Waals surface area contributed by atoms with Crippen molar-refractivity contribution in [1.82, 2.24) is 5.32 Å². The van der Waals surface area contributed by atoms with Gasteiger partial charge in [-0.2, -0.15) is 0 Å². The highest BCUT2D eigenvalue weighted by atomic mass is 15.0. The molecule has 0 atom stereocenters. The monoisotopic (exact) mass is 110 g/mol. The first-order valence-corrected chi connectivity index (χ1v) is 2.36. The third kappa shape index (κ3) is 3.15. The van der Waals surface area contributed by atoms with E-state index in [1.54, 1.807) is 6.21 Å². The quantitative estimate of drug-likeness (QED) is 0.544. The van der Waals surface area contributed by atoms with Gasteiger partial charge in [-0.1, -0.05) is 13.2 Å². The Morgan fingerprint density at radius 3 is 2.75 bits per heavy atom. The van der Waals surface area contributed by atoms with Crippen molar-refractivity contribution < 1.29 is 0 Å². The molecular formula is C6H10N2. The van der Waals surface area contributed by atoms with E-state index in [0.717, 1.165) is 0 Å². The van der Waals surface area contributed by atoms with Crippen LogP contribution in [0.1, 0.15) is 6.92 Å². The molecule has 0 unspecified atom stereocenters. The molecule has 2 heteroatoms. The van der Waals surface area contributed by atoms with E-state index in [-0.39, 0.29) is 0 Å². The van der Waals surface area contributed by atoms with Gasteiger partial charge in [-0.3, -0.25) is 0 Å². The van der Waals surface area contributed by atoms with Crippen LogP contribution >= 0.6 is 0 Å². The maximum absolute atomic E-state index is 3.81. The molecule has 0 fully saturated rings. The van der Waals surface area contributed by atoms with Crippen molar-refractivity contribution in [2.45, 2.75) is 6.92 Å². The zero-order valence-corrected chi connectivity index (χ0v) is 5.02. The van der Waals surface area contributed by atoms with Crippen molar-refractivity contribution in [2.24, 2.45) is 4.99 Å². The summed E-state index contributed by atoms with van der Waals surface area (Å²) in [5, 5.41) is 2.72. The van der Waals surface area contributed by atoms with Crippen LogP contribution in [-0.4, -0.2) is 6.21 Å². The Hall–Kier alpha value is -1.05. The van der Waals surface area contributed by atoms with E-state index in [0.29, 0.717) is 5.82 Å². The van der Waals surface area contributed by atoms with Gasteiger partial charge < -0.3 is 5.32 Å². The number of hydrogen-bond acceptors (Lipinski definition) is 2. The molecule has 0 aliphatic rings. The average molecular weight is 110 g/mol. The molecule has 0 bridgehead atoms. The Balaban J connectivity index is 3.48. The smallest absolute Gasteiger partial charge is 0.122 e. The van der Waals surface area contributed by atoms with Gasteiger partial charge in [0.15, 0.2) is 0 Å². The summed E-state index contributed by atoms with van der Waals surface area (Å²) in [5.41, 5.74) is 0. The fourth-order valence-electron chi connectivity index (χ4n) is 0.311. The molecule has 0 heterocycles. The van der Waals surface area contributed by atoms with Crippen LogP contribution in [0.5, 0.6) is 0 Å². The molecule has 0 spiro atoms. The second-order valence-electron chi connectivity index (χ2n) is 1.18. The van der Waals surface area contributed by atoms with Crippen molar-refractivity contribution in [3.63, 3.8) is 0 Å². The molecule has 1 N–H and O–H groups in total. The standard InChI is InChI=1S/C6H10N2/c1-4-7-6(3)8-5-2/h4-5,7H,1,3H2,2H3/b8-5-. The summed E-state index contributed by atoms with van der Waals surface area (Å²) < 4.78 is 0. The van der Waals surface area contributed by atoms with Gasteiger partial charge in [0.2, 0.25) is 0 Å². The summed E-state index contributed by atoms with van der Waals surface area (Å²) in [4.78, 5) is 3.81. The van der Waals surface area contributed by atoms with Gasteiger partial charge in [0, 0.05) is 6.21 Å². The van der Waals surface area contributed by atoms with Gasteiger partial charge in [-0.15, -0.1) is 0 Å². The fraction of sp³-hybridized carbons (Fsp3) is 0.167. The molecule has 0 radical (unpaired) electrons. The van der Waals surface area contributed by atoms with Gasteiger partial charge in [0.1, 0.15) is 5.82 Å². The summed E-state index contributed by atoms with van der Waals surface area (Å²) >= 11 is 0. The highest BCUT2D eigenvalue weighted by Gasteiger charge is 1.75. The van der Waals surface area contributed by atoms with Crippen molar-refractivity contribution in [1.29, 1.82) is 0 Å². The first kappa shape index (κ1) is 6.95. The molecule has 0 aliphatic carbocycles. The number of hydrogen-bond donors (Lipinski definition) is 1. The summed E-state index contributed by atoms with van der Waals surface area (Å²) in [6, 6.07) is 0. The fourth-order valence-corrected chi connectivity index (χ4v) is 0.311. The minimum absolute atomic E-state index is 0.613. The molecule has 0 rings (SSSR count). The summed E-state index contributed by atoms with van der Waals surface area (Å²) in [7, 11) is 0. The van der Waals surface area contributed by atoms with Crippen molar-refractivity contribution in [3.8, 4) is 0 Å². The molecule has 0 aromatic rings. The van der Waals surface area contributed by atoms with E-state index in [4.69, 9.17) is 0 Å². The van der Waals surface area contributed by atoms with Gasteiger partial charge in [-0.25, -0.2) is 4.99 Å². The normalized spacial score (nSPS) is 9.12. The minimum Gasteiger partial charge on any atom is -0.348 e. The predicted octanol–water partition coefficient (Wildman–Crippen LogP) is 1.28. The predicted molar refractivity (Wildman–Crippen MR) is 36.6 cm³/mol. The molecule has 0 amide bonds. The van der Waals surface area contributed by atoms with E-state index in [2.05, 4.69) is 23.5 Å². The van der Waals surface area contributed by atoms with Crippen molar-refractivity contribution in [3.05, 3.63) is 25.2 Å². The molecular weight excluding hydrogens is 100 g/mol. The Morgan fingerprint density at radius 1 is 1.75 bits per heavy atom. The van der Waals surface area contributed by atoms with E-state index >= 15 is 0 Å². The van der Waals surface area contributed by atoms with Crippen LogP contribution in [0.3, 0.4) is 0 Å². The second kappa shape index (κ2) is 4.12. The van der Waals surface area contributed by atoms with E-state index in [9.17, 15) is 0 Å². The molecule has 44 valence electrons. The van der Waals surface area contributed by atoms with Gasteiger partial charge >= 0.3 is 0 Å². The third-order valence-electron chi connectivity index (χ3n) is 0.554. The Labute approximate surface area is 49.6 Å². The maximum Gasteiger partial charge on any atom is 0.122 e. The van der Waals surface area contributed by atoms with E-state index < -0.39 is 0 Å². The number of nitrogens with one attached hydrogen (secondary N) is 1. The lowest BCUT2D eigenvalue weighted by atomic mass is 10.7. The zero-order chi connectivity index (χ0) is 6.41. The molecule has 2 nitrogen and oxygen atoms in total. The molecule has 0 saturated carbocycles. The molecule has 0 aromatic heterocycles. The third-order valence-corrected chi connectivity index (χ3v) is 0.554. The Bertz CT molecular complexity index is 114. The van der Waals surface area contributed by atoms with Gasteiger partial charge in [0.05, 0.1) is 0 Å². The summed E-state index contributed by atoms with van der Waals surface area (Å²) in [5.74, 6) is 0.613. The van der Waals surface area contributed by atoms with Crippen LogP contribution in [0.15, 0.2) is 30.2 Å². The first-order valence-electron chi connectivity index (χ1n) is 2.36. The highest BCUT2D eigenvalue weighted by molar-refractivity contribution is 5.54. The number of aliphatic imine (C=N–C) groups is 1. The lowest BCUT2D eigenvalue weighted by molar-refractivity contribution is 1.05. The molecule has 0 aliphatic heterocycles. The zero-order valence-electron chi connectivity index (χ0n) is 5.02. The summed E-state index contributed by atoms with van der Waals surface area (Å²) in [6.07, 6.45) is 3.20. The van der Waals surface area contributed by atoms with Gasteiger partial charge in [0.25, 0.3) is 0 Å². The Morgan fingerprint density at radius 2 is 2.38 bits per heavy atom. The van der Waals surface area contributed by atoms with Gasteiger partial charge in [-0.05, 0) is 13.1 Å². The Kier molecular flexibility index (Phi) is 3.58. The van der Waals surface area contributed by atoms with Crippen molar-refractivity contribution >= 4 is 6.21 Å². The minimum atomic E-state index is 0.613. The van der Waals surface area contributed by atoms with Crippen LogP contribution in [0.25, 0.3) is 0 Å². The largest absolute Gasteiger partial charge is 0.348 e. The maximum atomic E-state index is 3.81. The first-order chi connectivity index (χ1) is 3.81. The van der Waals surface area contributed by atoms with Crippen molar-refractivity contribution in [2.75, 3.05) is 0 Å². The van der Waals surface area contributed by atoms with Crippen LogP contribution in [0, 0.1) is 0 Å². The van der Waals surface area contributed by atoms with E-state index in [1.807, 2.05) is 6.92 Å². The highest BCUT2D eigenvalue weighted by Crippen LogP contribution is 1.81. The summed E-state index contributed by atoms with van der Waals surface area (Å²) in [6.45, 7) is 8.82. The van der Waals surface area contributed by atoms with Crippen LogP contribution in [0.4, 0.5) is 0 Å². The lowest BCUT2D eigenvalue weighted by Crippen LogP contribution is -1.98. The average Bonchev–Trinajstić information content (AvgIpc) is 1.68.